The van der Waals surface area contributed by atoms with Crippen LogP contribution in [0.1, 0.15) is 85.9 Å². The Balaban J connectivity index is 2.45. The minimum atomic E-state index is -0.487. The second-order valence-electron chi connectivity index (χ2n) is 5.77. The zero-order valence-electron chi connectivity index (χ0n) is 14.4. The van der Waals surface area contributed by atoms with Crippen LogP contribution in [0, 0.1) is 0 Å². The topological polar surface area (TPSA) is 55.4 Å². The van der Waals surface area contributed by atoms with E-state index in [-0.39, 0.29) is 5.78 Å². The molecule has 1 rings (SSSR count). The van der Waals surface area contributed by atoms with Crippen molar-refractivity contribution in [1.29, 1.82) is 0 Å². The lowest BCUT2D eigenvalue weighted by Crippen LogP contribution is -2.22. The van der Waals surface area contributed by atoms with Gasteiger partial charge in [0.1, 0.15) is 0 Å². The monoisotopic (exact) mass is 319 g/mol. The fourth-order valence-corrected chi connectivity index (χ4v) is 2.35. The van der Waals surface area contributed by atoms with Crippen molar-refractivity contribution in [1.82, 2.24) is 5.48 Å². The van der Waals surface area contributed by atoms with E-state index in [9.17, 15) is 9.59 Å². The van der Waals surface area contributed by atoms with Gasteiger partial charge >= 0.3 is 5.97 Å². The molecule has 4 heteroatoms. The Hall–Kier alpha value is -1.68. The third-order valence-electron chi connectivity index (χ3n) is 3.75. The Bertz CT molecular complexity index is 485. The van der Waals surface area contributed by atoms with Crippen LogP contribution in [0.2, 0.25) is 0 Å². The lowest BCUT2D eigenvalue weighted by molar-refractivity contribution is 0.0249. The van der Waals surface area contributed by atoms with E-state index in [1.165, 1.54) is 19.3 Å². The van der Waals surface area contributed by atoms with Crippen molar-refractivity contribution in [2.24, 2.45) is 0 Å². The number of hydroxylamine groups is 1. The second kappa shape index (κ2) is 11.8. The van der Waals surface area contributed by atoms with Gasteiger partial charge in [0.15, 0.2) is 5.78 Å². The largest absolute Gasteiger partial charge is 0.367 e. The van der Waals surface area contributed by atoms with Crippen LogP contribution in [0.25, 0.3) is 0 Å². The van der Waals surface area contributed by atoms with Gasteiger partial charge in [-0.3, -0.25) is 4.79 Å². The summed E-state index contributed by atoms with van der Waals surface area (Å²) in [4.78, 5) is 29.4. The lowest BCUT2D eigenvalue weighted by atomic mass is 10.0. The van der Waals surface area contributed by atoms with Crippen molar-refractivity contribution in [3.8, 4) is 0 Å². The first kappa shape index (κ1) is 19.4. The molecule has 0 aliphatic carbocycles. The van der Waals surface area contributed by atoms with Gasteiger partial charge in [-0.1, -0.05) is 64.2 Å². The molecular formula is C19H29NO3. The van der Waals surface area contributed by atoms with Crippen LogP contribution in [0.4, 0.5) is 0 Å². The zero-order chi connectivity index (χ0) is 16.9. The molecule has 0 radical (unpaired) electrons. The number of hydrogen-bond acceptors (Lipinski definition) is 4. The highest BCUT2D eigenvalue weighted by Crippen LogP contribution is 2.14. The molecule has 128 valence electrons. The molecule has 4 nitrogen and oxygen atoms in total. The van der Waals surface area contributed by atoms with Crippen molar-refractivity contribution >= 4 is 11.8 Å². The molecule has 0 saturated heterocycles. The number of hydrogen-bond donors (Lipinski definition) is 1. The van der Waals surface area contributed by atoms with E-state index >= 15 is 0 Å². The highest BCUT2D eigenvalue weighted by molar-refractivity contribution is 6.06. The summed E-state index contributed by atoms with van der Waals surface area (Å²) in [5.74, 6) is -0.488. The molecule has 0 aliphatic heterocycles. The molecule has 0 bridgehead atoms. The van der Waals surface area contributed by atoms with Gasteiger partial charge in [-0.2, -0.15) is 5.48 Å². The molecule has 0 spiro atoms. The van der Waals surface area contributed by atoms with Crippen LogP contribution in [-0.2, 0) is 4.84 Å². The van der Waals surface area contributed by atoms with Gasteiger partial charge in [0.25, 0.3) is 0 Å². The number of rotatable bonds is 12. The summed E-state index contributed by atoms with van der Waals surface area (Å²) in [7, 11) is 0. The van der Waals surface area contributed by atoms with Crippen LogP contribution >= 0.6 is 0 Å². The van der Waals surface area contributed by atoms with Gasteiger partial charge < -0.3 is 4.84 Å². The van der Waals surface area contributed by atoms with E-state index in [1.807, 2.05) is 6.92 Å². The summed E-state index contributed by atoms with van der Waals surface area (Å²) in [6.45, 7) is 4.86. The second-order valence-corrected chi connectivity index (χ2v) is 5.77. The molecule has 1 aromatic carbocycles. The summed E-state index contributed by atoms with van der Waals surface area (Å²) in [5, 5.41) is 0. The first-order valence-electron chi connectivity index (χ1n) is 8.77. The molecule has 0 aromatic heterocycles. The van der Waals surface area contributed by atoms with Crippen LogP contribution in [0.3, 0.4) is 0 Å². The van der Waals surface area contributed by atoms with Crippen molar-refractivity contribution in [2.75, 3.05) is 6.54 Å². The molecule has 0 atom stereocenters. The molecule has 0 aliphatic rings. The van der Waals surface area contributed by atoms with Crippen LogP contribution in [0.15, 0.2) is 24.3 Å². The Kier molecular flexibility index (Phi) is 9.96. The quantitative estimate of drug-likeness (QED) is 0.345. The maximum Gasteiger partial charge on any atom is 0.357 e. The minimum absolute atomic E-state index is 0.000958. The van der Waals surface area contributed by atoms with E-state index in [0.717, 1.165) is 25.7 Å². The van der Waals surface area contributed by atoms with Gasteiger partial charge in [-0.25, -0.2) is 4.79 Å². The highest BCUT2D eigenvalue weighted by Gasteiger charge is 2.17. The number of carbonyl (C=O) groups is 2. The third kappa shape index (κ3) is 7.42. The Morgan fingerprint density at radius 1 is 0.913 bits per heavy atom. The zero-order valence-corrected chi connectivity index (χ0v) is 14.4. The summed E-state index contributed by atoms with van der Waals surface area (Å²) in [5.41, 5.74) is 3.50. The standard InChI is InChI=1S/C19H29NO3/c1-3-5-7-8-11-15-20-23-19(22)17-13-10-9-12-16(17)18(21)14-6-4-2/h9-10,12-13,20H,3-8,11,14-15H2,1-2H3. The summed E-state index contributed by atoms with van der Waals surface area (Å²) < 4.78 is 0. The number of ketones is 1. The number of nitrogens with one attached hydrogen (secondary N) is 1. The highest BCUT2D eigenvalue weighted by atomic mass is 16.7. The Morgan fingerprint density at radius 3 is 2.26 bits per heavy atom. The molecule has 23 heavy (non-hydrogen) atoms. The smallest absolute Gasteiger partial charge is 0.357 e. The predicted molar refractivity (Wildman–Crippen MR) is 92.5 cm³/mol. The molecule has 0 saturated carbocycles. The molecule has 1 N–H and O–H groups in total. The van der Waals surface area contributed by atoms with E-state index in [2.05, 4.69) is 12.4 Å². The van der Waals surface area contributed by atoms with Crippen molar-refractivity contribution in [3.05, 3.63) is 35.4 Å². The molecule has 1 aromatic rings. The molecule has 0 amide bonds. The van der Waals surface area contributed by atoms with Crippen LogP contribution < -0.4 is 5.48 Å². The first-order valence-corrected chi connectivity index (χ1v) is 8.77. The fourth-order valence-electron chi connectivity index (χ4n) is 2.35. The predicted octanol–water partition coefficient (Wildman–Crippen LogP) is 4.69. The van der Waals surface area contributed by atoms with E-state index < -0.39 is 5.97 Å². The Labute approximate surface area is 139 Å². The number of Topliss-reactive ketones (excluding diaryl/α,β-unsaturated/α-hetero) is 1. The molecule has 0 heterocycles. The van der Waals surface area contributed by atoms with Crippen molar-refractivity contribution < 1.29 is 14.4 Å². The summed E-state index contributed by atoms with van der Waals surface area (Å²) >= 11 is 0. The number of unbranched alkanes of at least 4 members (excludes halogenated alkanes) is 5. The fraction of sp³-hybridized carbons (Fsp3) is 0.579. The maximum atomic E-state index is 12.2. The number of benzene rings is 1. The molecular weight excluding hydrogens is 290 g/mol. The van der Waals surface area contributed by atoms with Crippen molar-refractivity contribution in [3.63, 3.8) is 0 Å². The van der Waals surface area contributed by atoms with Gasteiger partial charge in [0, 0.05) is 18.5 Å². The van der Waals surface area contributed by atoms with E-state index in [0.29, 0.717) is 24.1 Å². The van der Waals surface area contributed by atoms with Gasteiger partial charge in [0.2, 0.25) is 0 Å². The van der Waals surface area contributed by atoms with Crippen molar-refractivity contribution in [2.45, 2.75) is 65.2 Å². The first-order chi connectivity index (χ1) is 11.2. The van der Waals surface area contributed by atoms with Gasteiger partial charge in [0.05, 0.1) is 5.56 Å². The molecule has 0 unspecified atom stereocenters. The summed E-state index contributed by atoms with van der Waals surface area (Å²) in [6.07, 6.45) is 8.02. The average molecular weight is 319 g/mol. The van der Waals surface area contributed by atoms with Gasteiger partial charge in [-0.05, 0) is 18.9 Å². The van der Waals surface area contributed by atoms with E-state index in [4.69, 9.17) is 4.84 Å². The maximum absolute atomic E-state index is 12.2. The Morgan fingerprint density at radius 2 is 1.57 bits per heavy atom. The number of carbonyl (C=O) groups excluding carboxylic acids is 2. The van der Waals surface area contributed by atoms with Crippen LogP contribution in [0.5, 0.6) is 0 Å². The average Bonchev–Trinajstić information content (AvgIpc) is 2.58. The lowest BCUT2D eigenvalue weighted by Gasteiger charge is -2.09. The van der Waals surface area contributed by atoms with Crippen LogP contribution in [-0.4, -0.2) is 18.3 Å². The normalized spacial score (nSPS) is 10.5. The molecule has 0 fully saturated rings. The van der Waals surface area contributed by atoms with Gasteiger partial charge in [-0.15, -0.1) is 0 Å². The third-order valence-corrected chi connectivity index (χ3v) is 3.75. The minimum Gasteiger partial charge on any atom is -0.367 e. The SMILES string of the molecule is CCCCCCCNOC(=O)c1ccccc1C(=O)CCCC. The summed E-state index contributed by atoms with van der Waals surface area (Å²) in [6, 6.07) is 6.86. The van der Waals surface area contributed by atoms with E-state index in [1.54, 1.807) is 24.3 Å².